The lowest BCUT2D eigenvalue weighted by atomic mass is 10.0. The van der Waals surface area contributed by atoms with Gasteiger partial charge in [0.1, 0.15) is 5.69 Å². The molecule has 0 spiro atoms. The Bertz CT molecular complexity index is 983. The third kappa shape index (κ3) is 3.61. The van der Waals surface area contributed by atoms with Crippen LogP contribution in [0.4, 0.5) is 5.69 Å². The highest BCUT2D eigenvalue weighted by atomic mass is 16.5. The van der Waals surface area contributed by atoms with Crippen molar-refractivity contribution in [2.45, 2.75) is 25.7 Å². The molecule has 0 saturated carbocycles. The molecule has 0 saturated heterocycles. The van der Waals surface area contributed by atoms with Crippen molar-refractivity contribution in [2.24, 2.45) is 0 Å². The standard InChI is InChI=1S/C21H22N4O3/c26-11-4-12-28-21-17(8-3-10-23-21)25-20(27)15-13-24-16-7-1-5-14-6-2-9-22-19(14)18(15)16/h2-3,6,8-10,13,24,26H,1,4-5,7,11-12H2,(H,25,27). The Morgan fingerprint density at radius 3 is 2.96 bits per heavy atom. The number of H-pyrrole nitrogens is 1. The van der Waals surface area contributed by atoms with E-state index in [0.717, 1.165) is 41.8 Å². The van der Waals surface area contributed by atoms with Crippen LogP contribution in [0.3, 0.4) is 0 Å². The van der Waals surface area contributed by atoms with Gasteiger partial charge in [-0.15, -0.1) is 0 Å². The van der Waals surface area contributed by atoms with Crippen molar-refractivity contribution in [1.82, 2.24) is 15.0 Å². The molecule has 1 aliphatic carbocycles. The van der Waals surface area contributed by atoms with Gasteiger partial charge in [0.15, 0.2) is 0 Å². The van der Waals surface area contributed by atoms with Gasteiger partial charge < -0.3 is 20.1 Å². The number of aryl methyl sites for hydroxylation is 2. The summed E-state index contributed by atoms with van der Waals surface area (Å²) in [6, 6.07) is 7.49. The molecule has 144 valence electrons. The van der Waals surface area contributed by atoms with E-state index in [1.807, 2.05) is 6.07 Å². The highest BCUT2D eigenvalue weighted by Gasteiger charge is 2.24. The van der Waals surface area contributed by atoms with E-state index < -0.39 is 0 Å². The molecule has 0 atom stereocenters. The summed E-state index contributed by atoms with van der Waals surface area (Å²) in [6.07, 6.45) is 8.44. The average molecular weight is 378 g/mol. The first-order valence-electron chi connectivity index (χ1n) is 9.42. The van der Waals surface area contributed by atoms with Crippen LogP contribution in [0.15, 0.2) is 42.9 Å². The fourth-order valence-corrected chi connectivity index (χ4v) is 3.46. The average Bonchev–Trinajstić information content (AvgIpc) is 3.05. The monoisotopic (exact) mass is 378 g/mol. The second-order valence-corrected chi connectivity index (χ2v) is 6.66. The van der Waals surface area contributed by atoms with Crippen molar-refractivity contribution in [1.29, 1.82) is 0 Å². The van der Waals surface area contributed by atoms with E-state index in [2.05, 4.69) is 26.3 Å². The number of aromatic amines is 1. The quantitative estimate of drug-likeness (QED) is 0.573. The predicted molar refractivity (Wildman–Crippen MR) is 105 cm³/mol. The van der Waals surface area contributed by atoms with Crippen LogP contribution in [-0.2, 0) is 12.8 Å². The number of hydrogen-bond acceptors (Lipinski definition) is 5. The molecule has 3 N–H and O–H groups in total. The first kappa shape index (κ1) is 18.2. The van der Waals surface area contributed by atoms with E-state index in [4.69, 9.17) is 9.84 Å². The van der Waals surface area contributed by atoms with E-state index in [9.17, 15) is 4.79 Å². The Kier molecular flexibility index (Phi) is 5.34. The Balaban J connectivity index is 1.63. The molecule has 3 aromatic rings. The SMILES string of the molecule is O=C(Nc1cccnc1OCCCO)c1c[nH]c2c1-c1ncccc1CCC2. The summed E-state index contributed by atoms with van der Waals surface area (Å²) in [5.41, 5.74) is 4.99. The van der Waals surface area contributed by atoms with E-state index in [0.29, 0.717) is 30.2 Å². The number of nitrogens with one attached hydrogen (secondary N) is 2. The summed E-state index contributed by atoms with van der Waals surface area (Å²) in [4.78, 5) is 25.1. The summed E-state index contributed by atoms with van der Waals surface area (Å²) in [6.45, 7) is 0.365. The molecular formula is C21H22N4O3. The zero-order valence-electron chi connectivity index (χ0n) is 15.4. The number of pyridine rings is 2. The molecule has 4 rings (SSSR count). The molecular weight excluding hydrogens is 356 g/mol. The molecule has 28 heavy (non-hydrogen) atoms. The number of fused-ring (bicyclic) bond motifs is 3. The number of aliphatic hydroxyl groups excluding tert-OH is 1. The van der Waals surface area contributed by atoms with Crippen molar-refractivity contribution in [3.05, 3.63) is 59.7 Å². The van der Waals surface area contributed by atoms with Crippen LogP contribution in [0.25, 0.3) is 11.3 Å². The number of ether oxygens (including phenoxy) is 1. The molecule has 1 aliphatic rings. The zero-order valence-corrected chi connectivity index (χ0v) is 15.4. The van der Waals surface area contributed by atoms with Crippen molar-refractivity contribution in [3.8, 4) is 17.1 Å². The minimum absolute atomic E-state index is 0.0381. The number of aliphatic hydroxyl groups is 1. The van der Waals surface area contributed by atoms with Gasteiger partial charge in [0, 0.05) is 42.9 Å². The number of carbonyl (C=O) groups is 1. The van der Waals surface area contributed by atoms with Crippen LogP contribution < -0.4 is 10.1 Å². The second-order valence-electron chi connectivity index (χ2n) is 6.66. The number of anilines is 1. The lowest BCUT2D eigenvalue weighted by Crippen LogP contribution is -2.14. The third-order valence-corrected chi connectivity index (χ3v) is 4.77. The van der Waals surface area contributed by atoms with Crippen LogP contribution in [0.2, 0.25) is 0 Å². The number of hydrogen-bond donors (Lipinski definition) is 3. The predicted octanol–water partition coefficient (Wildman–Crippen LogP) is 2.97. The van der Waals surface area contributed by atoms with Gasteiger partial charge in [-0.2, -0.15) is 0 Å². The molecule has 7 nitrogen and oxygen atoms in total. The van der Waals surface area contributed by atoms with Crippen molar-refractivity contribution in [3.63, 3.8) is 0 Å². The van der Waals surface area contributed by atoms with Gasteiger partial charge in [-0.1, -0.05) is 6.07 Å². The molecule has 0 bridgehead atoms. The topological polar surface area (TPSA) is 100 Å². The fourth-order valence-electron chi connectivity index (χ4n) is 3.46. The zero-order chi connectivity index (χ0) is 19.3. The molecule has 3 aromatic heterocycles. The van der Waals surface area contributed by atoms with E-state index in [1.54, 1.807) is 30.7 Å². The minimum Gasteiger partial charge on any atom is -0.476 e. The van der Waals surface area contributed by atoms with Crippen molar-refractivity contribution >= 4 is 11.6 Å². The lowest BCUT2D eigenvalue weighted by molar-refractivity contribution is 0.102. The molecule has 0 fully saturated rings. The van der Waals surface area contributed by atoms with Crippen LogP contribution in [0.1, 0.15) is 34.5 Å². The summed E-state index contributed by atoms with van der Waals surface area (Å²) < 4.78 is 5.58. The maximum Gasteiger partial charge on any atom is 0.258 e. The lowest BCUT2D eigenvalue weighted by Gasteiger charge is -2.12. The molecule has 0 radical (unpaired) electrons. The molecule has 0 aliphatic heterocycles. The van der Waals surface area contributed by atoms with Crippen LogP contribution in [0.5, 0.6) is 5.88 Å². The Morgan fingerprint density at radius 2 is 2.07 bits per heavy atom. The number of aromatic nitrogens is 3. The van der Waals surface area contributed by atoms with E-state index in [1.165, 1.54) is 0 Å². The summed E-state index contributed by atoms with van der Waals surface area (Å²) in [5, 5.41) is 11.8. The summed E-state index contributed by atoms with van der Waals surface area (Å²) in [7, 11) is 0. The highest BCUT2D eigenvalue weighted by molar-refractivity contribution is 6.09. The minimum atomic E-state index is -0.240. The molecule has 0 aromatic carbocycles. The number of rotatable bonds is 6. The second kappa shape index (κ2) is 8.22. The third-order valence-electron chi connectivity index (χ3n) is 4.77. The smallest absolute Gasteiger partial charge is 0.258 e. The molecule has 1 amide bonds. The van der Waals surface area contributed by atoms with Crippen molar-refractivity contribution < 1.29 is 14.6 Å². The summed E-state index contributed by atoms with van der Waals surface area (Å²) >= 11 is 0. The van der Waals surface area contributed by atoms with Gasteiger partial charge in [0.25, 0.3) is 5.91 Å². The molecule has 7 heteroatoms. The van der Waals surface area contributed by atoms with Gasteiger partial charge in [-0.05, 0) is 43.0 Å². The first-order chi connectivity index (χ1) is 13.8. The van der Waals surface area contributed by atoms with Gasteiger partial charge in [-0.25, -0.2) is 4.98 Å². The highest BCUT2D eigenvalue weighted by Crippen LogP contribution is 2.34. The van der Waals surface area contributed by atoms with Gasteiger partial charge in [-0.3, -0.25) is 9.78 Å². The van der Waals surface area contributed by atoms with Gasteiger partial charge >= 0.3 is 0 Å². The van der Waals surface area contributed by atoms with Crippen molar-refractivity contribution in [2.75, 3.05) is 18.5 Å². The van der Waals surface area contributed by atoms with Gasteiger partial charge in [0.2, 0.25) is 5.88 Å². The fraction of sp³-hybridized carbons (Fsp3) is 0.286. The maximum atomic E-state index is 13.1. The summed E-state index contributed by atoms with van der Waals surface area (Å²) in [5.74, 6) is 0.0976. The molecule has 3 heterocycles. The van der Waals surface area contributed by atoms with E-state index in [-0.39, 0.29) is 12.5 Å². The number of carbonyl (C=O) groups excluding carboxylic acids is 1. The van der Waals surface area contributed by atoms with Crippen LogP contribution >= 0.6 is 0 Å². The first-order valence-corrected chi connectivity index (χ1v) is 9.42. The maximum absolute atomic E-state index is 13.1. The largest absolute Gasteiger partial charge is 0.476 e. The van der Waals surface area contributed by atoms with Crippen LogP contribution in [-0.4, -0.2) is 39.2 Å². The Hall–Kier alpha value is -3.19. The van der Waals surface area contributed by atoms with Gasteiger partial charge in [0.05, 0.1) is 17.9 Å². The van der Waals surface area contributed by atoms with Crippen LogP contribution in [0, 0.1) is 0 Å². The Morgan fingerprint density at radius 1 is 1.21 bits per heavy atom. The number of nitrogens with zero attached hydrogens (tertiary/aromatic N) is 2. The van der Waals surface area contributed by atoms with E-state index >= 15 is 0 Å². The Labute approximate surface area is 162 Å². The molecule has 0 unspecified atom stereocenters. The number of amides is 1. The normalized spacial score (nSPS) is 12.6.